The molecule has 1 aromatic carbocycles. The second-order valence-electron chi connectivity index (χ2n) is 4.00. The maximum Gasteiger partial charge on any atom is 0.195 e. The highest BCUT2D eigenvalue weighted by atomic mass is 32.1. The number of phenolic OH excluding ortho intramolecular Hbond substituents is 1. The molecule has 5 heteroatoms. The van der Waals surface area contributed by atoms with Gasteiger partial charge in [-0.2, -0.15) is 5.10 Å². The van der Waals surface area contributed by atoms with Crippen molar-refractivity contribution in [1.29, 1.82) is 0 Å². The summed E-state index contributed by atoms with van der Waals surface area (Å²) in [6.45, 7) is 0. The molecular weight excluding hydrogens is 222 g/mol. The number of benzene rings is 1. The van der Waals surface area contributed by atoms with Gasteiger partial charge in [0.2, 0.25) is 0 Å². The van der Waals surface area contributed by atoms with Gasteiger partial charge in [-0.3, -0.25) is 9.67 Å². The molecule has 0 bridgehead atoms. The Bertz CT molecular complexity index is 583. The van der Waals surface area contributed by atoms with Crippen LogP contribution in [0.4, 0.5) is 0 Å². The van der Waals surface area contributed by atoms with Crippen LogP contribution in [0.3, 0.4) is 0 Å². The first-order valence-electron chi connectivity index (χ1n) is 5.22. The third kappa shape index (κ3) is 1.53. The molecule has 0 spiro atoms. The minimum Gasteiger partial charge on any atom is -0.508 e. The SMILES string of the molecule is Oc1cccc(-c2n[nH]c(=S)n2C2CC2)c1. The molecule has 1 aromatic heterocycles. The van der Waals surface area contributed by atoms with Crippen molar-refractivity contribution in [2.45, 2.75) is 18.9 Å². The molecule has 1 saturated carbocycles. The monoisotopic (exact) mass is 233 g/mol. The second-order valence-corrected chi connectivity index (χ2v) is 4.39. The van der Waals surface area contributed by atoms with Gasteiger partial charge in [0.05, 0.1) is 0 Å². The van der Waals surface area contributed by atoms with E-state index in [1.54, 1.807) is 18.2 Å². The summed E-state index contributed by atoms with van der Waals surface area (Å²) >= 11 is 5.20. The van der Waals surface area contributed by atoms with Crippen LogP contribution in [-0.2, 0) is 0 Å². The van der Waals surface area contributed by atoms with Gasteiger partial charge in [0, 0.05) is 11.6 Å². The molecule has 2 N–H and O–H groups in total. The molecule has 2 aromatic rings. The molecule has 1 heterocycles. The molecule has 1 aliphatic rings. The largest absolute Gasteiger partial charge is 0.508 e. The number of rotatable bonds is 2. The normalized spacial score (nSPS) is 15.2. The van der Waals surface area contributed by atoms with Crippen molar-refractivity contribution in [2.24, 2.45) is 0 Å². The predicted molar refractivity (Wildman–Crippen MR) is 62.8 cm³/mol. The maximum atomic E-state index is 9.45. The van der Waals surface area contributed by atoms with Crippen LogP contribution in [0.25, 0.3) is 11.4 Å². The van der Waals surface area contributed by atoms with Crippen LogP contribution in [0.5, 0.6) is 5.75 Å². The second kappa shape index (κ2) is 3.45. The highest BCUT2D eigenvalue weighted by Gasteiger charge is 2.27. The maximum absolute atomic E-state index is 9.45. The molecule has 3 rings (SSSR count). The summed E-state index contributed by atoms with van der Waals surface area (Å²) in [6.07, 6.45) is 2.30. The van der Waals surface area contributed by atoms with E-state index >= 15 is 0 Å². The number of aromatic amines is 1. The predicted octanol–water partition coefficient (Wildman–Crippen LogP) is 2.65. The van der Waals surface area contributed by atoms with Gasteiger partial charge in [-0.1, -0.05) is 12.1 Å². The van der Waals surface area contributed by atoms with Crippen LogP contribution in [0.15, 0.2) is 24.3 Å². The Hall–Kier alpha value is -1.62. The molecule has 82 valence electrons. The zero-order chi connectivity index (χ0) is 11.1. The lowest BCUT2D eigenvalue weighted by molar-refractivity contribution is 0.475. The fourth-order valence-corrected chi connectivity index (χ4v) is 2.11. The minimum atomic E-state index is 0.244. The van der Waals surface area contributed by atoms with Crippen molar-refractivity contribution in [3.63, 3.8) is 0 Å². The summed E-state index contributed by atoms with van der Waals surface area (Å²) < 4.78 is 2.69. The zero-order valence-electron chi connectivity index (χ0n) is 8.55. The van der Waals surface area contributed by atoms with Crippen LogP contribution in [-0.4, -0.2) is 19.9 Å². The van der Waals surface area contributed by atoms with E-state index in [9.17, 15) is 5.11 Å². The van der Waals surface area contributed by atoms with Gasteiger partial charge < -0.3 is 5.11 Å². The summed E-state index contributed by atoms with van der Waals surface area (Å²) in [5.41, 5.74) is 0.888. The van der Waals surface area contributed by atoms with Crippen LogP contribution >= 0.6 is 12.2 Å². The van der Waals surface area contributed by atoms with E-state index in [4.69, 9.17) is 12.2 Å². The highest BCUT2D eigenvalue weighted by molar-refractivity contribution is 7.71. The van der Waals surface area contributed by atoms with E-state index < -0.39 is 0 Å². The molecule has 0 saturated heterocycles. The van der Waals surface area contributed by atoms with E-state index in [-0.39, 0.29) is 5.75 Å². The van der Waals surface area contributed by atoms with Gasteiger partial charge in [0.1, 0.15) is 5.75 Å². The molecule has 1 fully saturated rings. The Kier molecular flexibility index (Phi) is 2.07. The average molecular weight is 233 g/mol. The van der Waals surface area contributed by atoms with E-state index in [1.165, 1.54) is 0 Å². The van der Waals surface area contributed by atoms with E-state index in [0.717, 1.165) is 24.2 Å². The van der Waals surface area contributed by atoms with Crippen molar-refractivity contribution < 1.29 is 5.11 Å². The van der Waals surface area contributed by atoms with Crippen molar-refractivity contribution in [2.75, 3.05) is 0 Å². The first-order valence-corrected chi connectivity index (χ1v) is 5.63. The Labute approximate surface area is 97.6 Å². The molecule has 1 aliphatic carbocycles. The molecule has 0 aliphatic heterocycles. The lowest BCUT2D eigenvalue weighted by atomic mass is 10.2. The van der Waals surface area contributed by atoms with Crippen molar-refractivity contribution >= 4 is 12.2 Å². The first-order chi connectivity index (χ1) is 7.75. The topological polar surface area (TPSA) is 53.8 Å². The number of hydrogen-bond acceptors (Lipinski definition) is 3. The average Bonchev–Trinajstić information content (AvgIpc) is 3.02. The molecule has 16 heavy (non-hydrogen) atoms. The Morgan fingerprint density at radius 1 is 1.44 bits per heavy atom. The number of nitrogens with zero attached hydrogens (tertiary/aromatic N) is 2. The van der Waals surface area contributed by atoms with E-state index in [2.05, 4.69) is 10.2 Å². The van der Waals surface area contributed by atoms with Gasteiger partial charge in [-0.05, 0) is 37.2 Å². The third-order valence-electron chi connectivity index (χ3n) is 2.72. The molecule has 0 radical (unpaired) electrons. The standard InChI is InChI=1S/C11H11N3OS/c15-9-3-1-2-7(6-9)10-12-13-11(16)14(10)8-4-5-8/h1-3,6,8,15H,4-5H2,(H,13,16). The van der Waals surface area contributed by atoms with Crippen LogP contribution in [0.1, 0.15) is 18.9 Å². The smallest absolute Gasteiger partial charge is 0.195 e. The quantitative estimate of drug-likeness (QED) is 0.784. The summed E-state index contributed by atoms with van der Waals surface area (Å²) in [7, 11) is 0. The van der Waals surface area contributed by atoms with Crippen LogP contribution < -0.4 is 0 Å². The van der Waals surface area contributed by atoms with Gasteiger partial charge in [0.25, 0.3) is 0 Å². The Morgan fingerprint density at radius 3 is 2.94 bits per heavy atom. The van der Waals surface area contributed by atoms with Crippen LogP contribution in [0, 0.1) is 4.77 Å². The lowest BCUT2D eigenvalue weighted by Gasteiger charge is -2.04. The van der Waals surface area contributed by atoms with Crippen molar-refractivity contribution in [3.05, 3.63) is 29.0 Å². The van der Waals surface area contributed by atoms with Crippen molar-refractivity contribution in [1.82, 2.24) is 14.8 Å². The summed E-state index contributed by atoms with van der Waals surface area (Å²) in [6, 6.07) is 7.54. The molecule has 4 nitrogen and oxygen atoms in total. The van der Waals surface area contributed by atoms with Gasteiger partial charge in [-0.25, -0.2) is 0 Å². The van der Waals surface area contributed by atoms with Crippen molar-refractivity contribution in [3.8, 4) is 17.1 Å². The summed E-state index contributed by atoms with van der Waals surface area (Å²) in [5.74, 6) is 1.05. The summed E-state index contributed by atoms with van der Waals surface area (Å²) in [5, 5.41) is 16.5. The molecule has 0 unspecified atom stereocenters. The van der Waals surface area contributed by atoms with E-state index in [1.807, 2.05) is 10.6 Å². The number of hydrogen-bond donors (Lipinski definition) is 2. The number of nitrogens with one attached hydrogen (secondary N) is 1. The number of phenols is 1. The summed E-state index contributed by atoms with van der Waals surface area (Å²) in [4.78, 5) is 0. The Morgan fingerprint density at radius 2 is 2.25 bits per heavy atom. The van der Waals surface area contributed by atoms with Crippen LogP contribution in [0.2, 0.25) is 0 Å². The third-order valence-corrected chi connectivity index (χ3v) is 3.01. The van der Waals surface area contributed by atoms with E-state index in [0.29, 0.717) is 10.8 Å². The number of aromatic nitrogens is 3. The highest BCUT2D eigenvalue weighted by Crippen LogP contribution is 2.38. The minimum absolute atomic E-state index is 0.244. The molecular formula is C11H11N3OS. The first kappa shape index (κ1) is 9.59. The fourth-order valence-electron chi connectivity index (χ4n) is 1.82. The molecule has 0 amide bonds. The number of aromatic hydroxyl groups is 1. The van der Waals surface area contributed by atoms with Gasteiger partial charge in [0.15, 0.2) is 10.6 Å². The number of H-pyrrole nitrogens is 1. The fraction of sp³-hybridized carbons (Fsp3) is 0.273. The lowest BCUT2D eigenvalue weighted by Crippen LogP contribution is -1.97. The molecule has 0 atom stereocenters. The Balaban J connectivity index is 2.16. The van der Waals surface area contributed by atoms with Gasteiger partial charge >= 0.3 is 0 Å². The van der Waals surface area contributed by atoms with Gasteiger partial charge in [-0.15, -0.1) is 0 Å². The zero-order valence-corrected chi connectivity index (χ0v) is 9.37.